The fraction of sp³-hybridized carbons (Fsp3) is 0.417. The standard InChI is InChI=1S/C12H13BrFNO3/c13-8-1-2-11(14)10(5-8)12(17)15-3-4-18-7-9(15)6-16/h1-2,5,9,16H,3-4,6-7H2. The average Bonchev–Trinajstić information content (AvgIpc) is 2.40. The van der Waals surface area contributed by atoms with Gasteiger partial charge in [0.05, 0.1) is 31.4 Å². The van der Waals surface area contributed by atoms with Crippen molar-refractivity contribution in [2.45, 2.75) is 6.04 Å². The molecule has 2 rings (SSSR count). The molecule has 18 heavy (non-hydrogen) atoms. The number of morpholine rings is 1. The summed E-state index contributed by atoms with van der Waals surface area (Å²) in [5, 5.41) is 9.20. The minimum atomic E-state index is -0.564. The van der Waals surface area contributed by atoms with E-state index in [-0.39, 0.29) is 18.8 Å². The molecule has 1 aromatic carbocycles. The number of aliphatic hydroxyl groups excluding tert-OH is 1. The second-order valence-corrected chi connectivity index (χ2v) is 4.95. The largest absolute Gasteiger partial charge is 0.394 e. The van der Waals surface area contributed by atoms with Gasteiger partial charge in [0, 0.05) is 11.0 Å². The fourth-order valence-electron chi connectivity index (χ4n) is 1.89. The van der Waals surface area contributed by atoms with E-state index in [0.29, 0.717) is 17.6 Å². The van der Waals surface area contributed by atoms with Crippen LogP contribution in [-0.4, -0.2) is 48.3 Å². The smallest absolute Gasteiger partial charge is 0.257 e. The van der Waals surface area contributed by atoms with Crippen molar-refractivity contribution in [2.75, 3.05) is 26.4 Å². The summed E-state index contributed by atoms with van der Waals surface area (Å²) in [5.74, 6) is -0.984. The van der Waals surface area contributed by atoms with E-state index >= 15 is 0 Å². The quantitative estimate of drug-likeness (QED) is 0.897. The van der Waals surface area contributed by atoms with E-state index in [1.54, 1.807) is 0 Å². The molecule has 1 aliphatic rings. The van der Waals surface area contributed by atoms with Crippen molar-refractivity contribution in [3.05, 3.63) is 34.1 Å². The molecule has 1 unspecified atom stereocenters. The molecule has 1 fully saturated rings. The van der Waals surface area contributed by atoms with E-state index in [0.717, 1.165) is 0 Å². The maximum Gasteiger partial charge on any atom is 0.257 e. The van der Waals surface area contributed by atoms with Crippen LogP contribution in [0.1, 0.15) is 10.4 Å². The van der Waals surface area contributed by atoms with Crippen LogP contribution in [0.15, 0.2) is 22.7 Å². The zero-order chi connectivity index (χ0) is 13.1. The van der Waals surface area contributed by atoms with Gasteiger partial charge < -0.3 is 14.7 Å². The SMILES string of the molecule is O=C(c1cc(Br)ccc1F)N1CCOCC1CO. The van der Waals surface area contributed by atoms with Crippen LogP contribution in [-0.2, 0) is 4.74 Å². The summed E-state index contributed by atoms with van der Waals surface area (Å²) in [6.07, 6.45) is 0. The molecular formula is C12H13BrFNO3. The molecule has 98 valence electrons. The van der Waals surface area contributed by atoms with Crippen molar-refractivity contribution in [3.8, 4) is 0 Å². The highest BCUT2D eigenvalue weighted by atomic mass is 79.9. The highest BCUT2D eigenvalue weighted by Crippen LogP contribution is 2.19. The molecule has 0 aromatic heterocycles. The molecule has 1 heterocycles. The number of ether oxygens (including phenoxy) is 1. The van der Waals surface area contributed by atoms with Crippen LogP contribution in [0.5, 0.6) is 0 Å². The van der Waals surface area contributed by atoms with Gasteiger partial charge in [0.15, 0.2) is 0 Å². The molecular weight excluding hydrogens is 305 g/mol. The Balaban J connectivity index is 2.26. The number of hydrogen-bond acceptors (Lipinski definition) is 3. The van der Waals surface area contributed by atoms with E-state index < -0.39 is 17.8 Å². The normalized spacial score (nSPS) is 19.9. The van der Waals surface area contributed by atoms with Gasteiger partial charge in [0.1, 0.15) is 5.82 Å². The van der Waals surface area contributed by atoms with Gasteiger partial charge in [-0.2, -0.15) is 0 Å². The molecule has 0 aliphatic carbocycles. The summed E-state index contributed by atoms with van der Waals surface area (Å²) in [6, 6.07) is 3.81. The Bertz CT molecular complexity index is 455. The minimum Gasteiger partial charge on any atom is -0.394 e. The molecule has 6 heteroatoms. The Hall–Kier alpha value is -0.980. The molecule has 0 bridgehead atoms. The number of carbonyl (C=O) groups excluding carboxylic acids is 1. The molecule has 0 radical (unpaired) electrons. The number of rotatable bonds is 2. The van der Waals surface area contributed by atoms with Gasteiger partial charge in [-0.15, -0.1) is 0 Å². The van der Waals surface area contributed by atoms with E-state index in [9.17, 15) is 14.3 Å². The molecule has 1 aromatic rings. The van der Waals surface area contributed by atoms with E-state index in [4.69, 9.17) is 4.74 Å². The van der Waals surface area contributed by atoms with Crippen molar-refractivity contribution < 1.29 is 19.0 Å². The van der Waals surface area contributed by atoms with Gasteiger partial charge in [0.2, 0.25) is 0 Å². The first-order chi connectivity index (χ1) is 8.63. The summed E-state index contributed by atoms with van der Waals surface area (Å²) in [7, 11) is 0. The topological polar surface area (TPSA) is 49.8 Å². The highest BCUT2D eigenvalue weighted by Gasteiger charge is 2.29. The second kappa shape index (κ2) is 5.77. The van der Waals surface area contributed by atoms with Crippen molar-refractivity contribution in [1.82, 2.24) is 4.90 Å². The van der Waals surface area contributed by atoms with Crippen molar-refractivity contribution >= 4 is 21.8 Å². The third-order valence-corrected chi connectivity index (χ3v) is 3.35. The first-order valence-corrected chi connectivity index (χ1v) is 6.37. The molecule has 1 amide bonds. The first kappa shape index (κ1) is 13.5. The minimum absolute atomic E-state index is 0.00438. The van der Waals surface area contributed by atoms with Crippen molar-refractivity contribution in [2.24, 2.45) is 0 Å². The van der Waals surface area contributed by atoms with Crippen LogP contribution in [0.4, 0.5) is 4.39 Å². The fourth-order valence-corrected chi connectivity index (χ4v) is 2.25. The Morgan fingerprint density at radius 1 is 1.61 bits per heavy atom. The predicted molar refractivity (Wildman–Crippen MR) is 66.8 cm³/mol. The third kappa shape index (κ3) is 2.71. The van der Waals surface area contributed by atoms with E-state index in [1.165, 1.54) is 23.1 Å². The van der Waals surface area contributed by atoms with Crippen LogP contribution in [0.25, 0.3) is 0 Å². The highest BCUT2D eigenvalue weighted by molar-refractivity contribution is 9.10. The third-order valence-electron chi connectivity index (χ3n) is 2.86. The van der Waals surface area contributed by atoms with E-state index in [2.05, 4.69) is 15.9 Å². The van der Waals surface area contributed by atoms with Crippen LogP contribution in [0, 0.1) is 5.82 Å². The summed E-state index contributed by atoms with van der Waals surface area (Å²) < 4.78 is 19.5. The Labute approximate surface area is 112 Å². The zero-order valence-corrected chi connectivity index (χ0v) is 11.2. The maximum atomic E-state index is 13.6. The predicted octanol–water partition coefficient (Wildman–Crippen LogP) is 1.42. The van der Waals surface area contributed by atoms with Crippen LogP contribution >= 0.6 is 15.9 Å². The van der Waals surface area contributed by atoms with Crippen molar-refractivity contribution in [1.29, 1.82) is 0 Å². The van der Waals surface area contributed by atoms with Gasteiger partial charge >= 0.3 is 0 Å². The molecule has 1 atom stereocenters. The molecule has 4 nitrogen and oxygen atoms in total. The molecule has 1 aliphatic heterocycles. The number of carbonyl (C=O) groups is 1. The monoisotopic (exact) mass is 317 g/mol. The van der Waals surface area contributed by atoms with Crippen LogP contribution < -0.4 is 0 Å². The summed E-state index contributed by atoms with van der Waals surface area (Å²) in [6.45, 7) is 0.840. The molecule has 0 saturated carbocycles. The average molecular weight is 318 g/mol. The molecule has 0 spiro atoms. The zero-order valence-electron chi connectivity index (χ0n) is 9.60. The van der Waals surface area contributed by atoms with Crippen molar-refractivity contribution in [3.63, 3.8) is 0 Å². The summed E-state index contributed by atoms with van der Waals surface area (Å²) in [4.78, 5) is 13.7. The van der Waals surface area contributed by atoms with Crippen LogP contribution in [0.2, 0.25) is 0 Å². The second-order valence-electron chi connectivity index (χ2n) is 4.03. The Kier molecular flexibility index (Phi) is 4.31. The maximum absolute atomic E-state index is 13.6. The number of nitrogens with zero attached hydrogens (tertiary/aromatic N) is 1. The number of halogens is 2. The molecule has 1 N–H and O–H groups in total. The molecule has 1 saturated heterocycles. The van der Waals surface area contributed by atoms with Gasteiger partial charge in [0.25, 0.3) is 5.91 Å². The van der Waals surface area contributed by atoms with Gasteiger partial charge in [-0.25, -0.2) is 4.39 Å². The summed E-state index contributed by atoms with van der Waals surface area (Å²) in [5.41, 5.74) is 0.00438. The van der Waals surface area contributed by atoms with Crippen LogP contribution in [0.3, 0.4) is 0 Å². The number of hydrogen-bond donors (Lipinski definition) is 1. The van der Waals surface area contributed by atoms with Gasteiger partial charge in [-0.05, 0) is 18.2 Å². The van der Waals surface area contributed by atoms with Gasteiger partial charge in [-0.1, -0.05) is 15.9 Å². The lowest BCUT2D eigenvalue weighted by Gasteiger charge is -2.34. The lowest BCUT2D eigenvalue weighted by Crippen LogP contribution is -2.50. The first-order valence-electron chi connectivity index (χ1n) is 5.58. The lowest BCUT2D eigenvalue weighted by atomic mass is 10.1. The number of amides is 1. The lowest BCUT2D eigenvalue weighted by molar-refractivity contribution is -0.0185. The van der Waals surface area contributed by atoms with E-state index in [1.807, 2.05) is 0 Å². The number of aliphatic hydroxyl groups is 1. The van der Waals surface area contributed by atoms with Gasteiger partial charge in [-0.3, -0.25) is 4.79 Å². The summed E-state index contributed by atoms with van der Waals surface area (Å²) >= 11 is 3.21. The Morgan fingerprint density at radius 2 is 2.39 bits per heavy atom. The number of benzene rings is 1. The Morgan fingerprint density at radius 3 is 3.11 bits per heavy atom.